The van der Waals surface area contributed by atoms with Gasteiger partial charge in [-0.05, 0) is 35.7 Å². The summed E-state index contributed by atoms with van der Waals surface area (Å²) in [5, 5.41) is 16.7. The highest BCUT2D eigenvalue weighted by molar-refractivity contribution is 5.60. The number of aromatic nitrogens is 4. The minimum Gasteiger partial charge on any atom is -0.383 e. The Morgan fingerprint density at radius 1 is 0.745 bits per heavy atom. The molecule has 3 heterocycles. The van der Waals surface area contributed by atoms with Gasteiger partial charge in [0, 0.05) is 30.9 Å². The fraction of sp³-hybridized carbons (Fsp3) is 0.205. The van der Waals surface area contributed by atoms with Gasteiger partial charge in [-0.1, -0.05) is 115 Å². The average Bonchev–Trinajstić information content (AvgIpc) is 3.64. The maximum Gasteiger partial charge on any atom is 0.164 e. The minimum absolute atomic E-state index is 0.0572. The first-order chi connectivity index (χ1) is 23.1. The lowest BCUT2D eigenvalue weighted by Gasteiger charge is -2.36. The zero-order chi connectivity index (χ0) is 32.1. The molecule has 1 atom stereocenters. The van der Waals surface area contributed by atoms with E-state index in [1.54, 1.807) is 4.68 Å². The van der Waals surface area contributed by atoms with Crippen molar-refractivity contribution >= 4 is 5.82 Å². The molecule has 47 heavy (non-hydrogen) atoms. The Kier molecular flexibility index (Phi) is 8.88. The number of aliphatic hydroxyl groups excluding tert-OH is 1. The number of aryl methyl sites for hydroxylation is 1. The van der Waals surface area contributed by atoms with Crippen LogP contribution in [-0.2, 0) is 15.1 Å². The summed E-state index contributed by atoms with van der Waals surface area (Å²) in [6.07, 6.45) is 0.762. The van der Waals surface area contributed by atoms with Crippen LogP contribution < -0.4 is 4.90 Å². The molecule has 7 rings (SSSR count). The number of morpholine rings is 1. The predicted octanol–water partition coefficient (Wildman–Crippen LogP) is 6.52. The Balaban J connectivity index is 1.26. The van der Waals surface area contributed by atoms with E-state index in [2.05, 4.69) is 60.4 Å². The number of aliphatic hydroxyl groups is 1. The highest BCUT2D eigenvalue weighted by Gasteiger charge is 2.38. The number of hydrogen-bond acceptors (Lipinski definition) is 7. The molecule has 6 aromatic rings. The lowest BCUT2D eigenvalue weighted by atomic mass is 9.80. The van der Waals surface area contributed by atoms with E-state index in [1.165, 1.54) is 0 Å². The second-order valence-corrected chi connectivity index (χ2v) is 11.7. The molecule has 1 fully saturated rings. The number of rotatable bonds is 10. The number of hydrogen-bond donors (Lipinski definition) is 1. The van der Waals surface area contributed by atoms with Crippen molar-refractivity contribution in [1.82, 2.24) is 19.7 Å². The third-order valence-corrected chi connectivity index (χ3v) is 8.49. The van der Waals surface area contributed by atoms with Crippen LogP contribution in [0.25, 0.3) is 17.1 Å². The van der Waals surface area contributed by atoms with E-state index in [4.69, 9.17) is 24.5 Å². The molecule has 1 saturated heterocycles. The summed E-state index contributed by atoms with van der Waals surface area (Å²) in [5.74, 6) is 1.54. The van der Waals surface area contributed by atoms with Crippen LogP contribution in [0, 0.1) is 6.92 Å². The molecule has 0 aliphatic carbocycles. The van der Waals surface area contributed by atoms with Crippen molar-refractivity contribution in [3.05, 3.63) is 162 Å². The van der Waals surface area contributed by atoms with E-state index >= 15 is 0 Å². The van der Waals surface area contributed by atoms with Gasteiger partial charge in [-0.25, -0.2) is 14.6 Å². The molecule has 236 valence electrons. The van der Waals surface area contributed by atoms with E-state index in [1.807, 2.05) is 85.1 Å². The number of benzene rings is 4. The molecule has 1 N–H and O–H groups in total. The molecule has 0 spiro atoms. The van der Waals surface area contributed by atoms with Gasteiger partial charge in [-0.15, -0.1) is 0 Å². The normalized spacial score (nSPS) is 14.2. The van der Waals surface area contributed by atoms with Gasteiger partial charge < -0.3 is 19.5 Å². The van der Waals surface area contributed by atoms with Gasteiger partial charge in [0.25, 0.3) is 0 Å². The standard InChI is InChI=1S/C39H37N5O3/c1-29-12-11-13-30(26-29)34-20-21-44(42-34)37-27-36(43-22-24-46-25-23-43)40-38(41-37)35(45)28-47-39(31-14-5-2-6-15-31,32-16-7-3-8-17-32)33-18-9-4-10-19-33/h2-21,26-27,35,45H,22-25,28H2,1H3. The maximum atomic E-state index is 11.8. The molecule has 0 amide bonds. The van der Waals surface area contributed by atoms with Gasteiger partial charge >= 0.3 is 0 Å². The molecule has 1 unspecified atom stereocenters. The summed E-state index contributed by atoms with van der Waals surface area (Å²) in [4.78, 5) is 11.9. The summed E-state index contributed by atoms with van der Waals surface area (Å²) >= 11 is 0. The highest BCUT2D eigenvalue weighted by Crippen LogP contribution is 2.41. The summed E-state index contributed by atoms with van der Waals surface area (Å²) in [7, 11) is 0. The first-order valence-electron chi connectivity index (χ1n) is 15.9. The van der Waals surface area contributed by atoms with Crippen molar-refractivity contribution in [1.29, 1.82) is 0 Å². The maximum absolute atomic E-state index is 11.8. The molecule has 4 aromatic carbocycles. The van der Waals surface area contributed by atoms with Crippen molar-refractivity contribution in [3.8, 4) is 17.1 Å². The monoisotopic (exact) mass is 623 g/mol. The van der Waals surface area contributed by atoms with Gasteiger partial charge in [0.15, 0.2) is 11.6 Å². The fourth-order valence-corrected chi connectivity index (χ4v) is 6.12. The summed E-state index contributed by atoms with van der Waals surface area (Å²) in [5.41, 5.74) is 4.90. The van der Waals surface area contributed by atoms with Crippen LogP contribution in [0.3, 0.4) is 0 Å². The lowest BCUT2D eigenvalue weighted by molar-refractivity contribution is -0.0414. The predicted molar refractivity (Wildman–Crippen MR) is 182 cm³/mol. The SMILES string of the molecule is Cc1cccc(-c2ccn(-c3cc(N4CCOCC4)nc(C(O)COC(c4ccccc4)(c4ccccc4)c4ccccc4)n3)n2)c1. The minimum atomic E-state index is -1.13. The molecule has 0 saturated carbocycles. The van der Waals surface area contributed by atoms with Gasteiger partial charge in [0.2, 0.25) is 0 Å². The van der Waals surface area contributed by atoms with Crippen LogP contribution in [-0.4, -0.2) is 57.8 Å². The fourth-order valence-electron chi connectivity index (χ4n) is 6.12. The zero-order valence-corrected chi connectivity index (χ0v) is 26.3. The van der Waals surface area contributed by atoms with Crippen LogP contribution >= 0.6 is 0 Å². The molecule has 1 aliphatic heterocycles. The molecule has 8 heteroatoms. The van der Waals surface area contributed by atoms with Crippen LogP contribution in [0.5, 0.6) is 0 Å². The summed E-state index contributed by atoms with van der Waals surface area (Å²) in [6, 6.07) is 42.5. The Morgan fingerprint density at radius 2 is 1.34 bits per heavy atom. The average molecular weight is 624 g/mol. The van der Waals surface area contributed by atoms with Crippen LogP contribution in [0.2, 0.25) is 0 Å². The molecule has 1 aliphatic rings. The van der Waals surface area contributed by atoms with Crippen LogP contribution in [0.15, 0.2) is 134 Å². The first kappa shape index (κ1) is 30.5. The third kappa shape index (κ3) is 6.44. The quantitative estimate of drug-likeness (QED) is 0.174. The smallest absolute Gasteiger partial charge is 0.164 e. The van der Waals surface area contributed by atoms with E-state index < -0.39 is 11.7 Å². The topological polar surface area (TPSA) is 85.5 Å². The molecular weight excluding hydrogens is 586 g/mol. The Labute approximate surface area is 274 Å². The van der Waals surface area contributed by atoms with E-state index in [-0.39, 0.29) is 12.4 Å². The number of anilines is 1. The first-order valence-corrected chi connectivity index (χ1v) is 15.9. The summed E-state index contributed by atoms with van der Waals surface area (Å²) in [6.45, 7) is 4.60. The summed E-state index contributed by atoms with van der Waals surface area (Å²) < 4.78 is 14.3. The van der Waals surface area contributed by atoms with Gasteiger partial charge in [0.1, 0.15) is 17.5 Å². The molecule has 8 nitrogen and oxygen atoms in total. The van der Waals surface area contributed by atoms with Crippen LogP contribution in [0.1, 0.15) is 34.2 Å². The lowest BCUT2D eigenvalue weighted by Crippen LogP contribution is -2.37. The molecule has 0 bridgehead atoms. The van der Waals surface area contributed by atoms with E-state index in [0.717, 1.165) is 33.5 Å². The zero-order valence-electron chi connectivity index (χ0n) is 26.3. The van der Waals surface area contributed by atoms with Crippen LogP contribution in [0.4, 0.5) is 5.82 Å². The Morgan fingerprint density at radius 3 is 1.94 bits per heavy atom. The van der Waals surface area contributed by atoms with E-state index in [0.29, 0.717) is 37.9 Å². The molecule has 2 aromatic heterocycles. The van der Waals surface area contributed by atoms with Gasteiger partial charge in [-0.2, -0.15) is 5.10 Å². The second kappa shape index (κ2) is 13.7. The van der Waals surface area contributed by atoms with Crippen molar-refractivity contribution in [3.63, 3.8) is 0 Å². The van der Waals surface area contributed by atoms with Gasteiger partial charge in [0.05, 0.1) is 25.5 Å². The Hall–Kier alpha value is -5.15. The van der Waals surface area contributed by atoms with Gasteiger partial charge in [-0.3, -0.25) is 0 Å². The van der Waals surface area contributed by atoms with E-state index in [9.17, 15) is 5.11 Å². The second-order valence-electron chi connectivity index (χ2n) is 11.7. The highest BCUT2D eigenvalue weighted by atomic mass is 16.5. The van der Waals surface area contributed by atoms with Crippen molar-refractivity contribution in [2.75, 3.05) is 37.8 Å². The van der Waals surface area contributed by atoms with Crippen molar-refractivity contribution < 1.29 is 14.6 Å². The van der Waals surface area contributed by atoms with Crippen molar-refractivity contribution in [2.45, 2.75) is 18.6 Å². The Bertz CT molecular complexity index is 1810. The molecular formula is C39H37N5O3. The molecule has 0 radical (unpaired) electrons. The van der Waals surface area contributed by atoms with Crippen molar-refractivity contribution in [2.24, 2.45) is 0 Å². The number of nitrogens with zero attached hydrogens (tertiary/aromatic N) is 5. The third-order valence-electron chi connectivity index (χ3n) is 8.49. The number of ether oxygens (including phenoxy) is 2. The largest absolute Gasteiger partial charge is 0.383 e.